The first-order valence-corrected chi connectivity index (χ1v) is 2.36. The fourth-order valence-electron chi connectivity index (χ4n) is 0.209. The molecule has 0 rings (SSSR count). The van der Waals surface area contributed by atoms with Crippen LogP contribution in [0.1, 0.15) is 6.92 Å². The molecular weight excluding hydrogens is 90.1 g/mol. The Morgan fingerprint density at radius 2 is 2.57 bits per heavy atom. The molecule has 0 aromatic rings. The molecule has 0 saturated carbocycles. The molecule has 0 saturated heterocycles. The second-order valence-electron chi connectivity index (χ2n) is 1.06. The van der Waals surface area contributed by atoms with Gasteiger partial charge in [0.15, 0.2) is 0 Å². The summed E-state index contributed by atoms with van der Waals surface area (Å²) in [5.74, 6) is 0. The van der Waals surface area contributed by atoms with Crippen molar-refractivity contribution in [1.29, 1.82) is 0 Å². The summed E-state index contributed by atoms with van der Waals surface area (Å²) in [6, 6.07) is 0. The maximum atomic E-state index is 5.08. The molecular formula is C4H11N3. The third-order valence-corrected chi connectivity index (χ3v) is 0.446. The Morgan fingerprint density at radius 3 is 3.00 bits per heavy atom. The van der Waals surface area contributed by atoms with Crippen LogP contribution in [0.15, 0.2) is 5.10 Å². The van der Waals surface area contributed by atoms with Crippen LogP contribution >= 0.6 is 0 Å². The van der Waals surface area contributed by atoms with E-state index in [9.17, 15) is 0 Å². The minimum absolute atomic E-state index is 0.507. The summed E-state index contributed by atoms with van der Waals surface area (Å²) >= 11 is 0. The van der Waals surface area contributed by atoms with Gasteiger partial charge >= 0.3 is 0 Å². The van der Waals surface area contributed by atoms with Gasteiger partial charge in [0.1, 0.15) is 0 Å². The van der Waals surface area contributed by atoms with Crippen LogP contribution in [0.3, 0.4) is 0 Å². The predicted octanol–water partition coefficient (Wildman–Crippen LogP) is -0.460. The summed E-state index contributed by atoms with van der Waals surface area (Å²) in [6.45, 7) is 3.34. The summed E-state index contributed by atoms with van der Waals surface area (Å²) in [7, 11) is 0. The molecule has 3 nitrogen and oxygen atoms in total. The van der Waals surface area contributed by atoms with E-state index in [2.05, 4.69) is 10.5 Å². The van der Waals surface area contributed by atoms with E-state index in [0.29, 0.717) is 6.54 Å². The fraction of sp³-hybridized carbons (Fsp3) is 0.750. The van der Waals surface area contributed by atoms with Crippen LogP contribution in [0.4, 0.5) is 0 Å². The highest BCUT2D eigenvalue weighted by atomic mass is 15.3. The van der Waals surface area contributed by atoms with E-state index in [-0.39, 0.29) is 0 Å². The largest absolute Gasteiger partial charge is 0.326 e. The van der Waals surface area contributed by atoms with Crippen LogP contribution in [-0.4, -0.2) is 19.3 Å². The zero-order valence-electron chi connectivity index (χ0n) is 4.52. The van der Waals surface area contributed by atoms with E-state index in [0.717, 1.165) is 6.54 Å². The normalized spacial score (nSPS) is 10.0. The van der Waals surface area contributed by atoms with Crippen molar-refractivity contribution in [1.82, 2.24) is 5.43 Å². The molecule has 0 fully saturated rings. The van der Waals surface area contributed by atoms with Crippen LogP contribution in [0, 0.1) is 0 Å². The Labute approximate surface area is 43.6 Å². The molecule has 0 unspecified atom stereocenters. The second kappa shape index (κ2) is 5.43. The van der Waals surface area contributed by atoms with Gasteiger partial charge < -0.3 is 11.2 Å². The van der Waals surface area contributed by atoms with E-state index in [1.807, 2.05) is 6.92 Å². The van der Waals surface area contributed by atoms with Gasteiger partial charge in [0.05, 0.1) is 0 Å². The molecule has 0 aliphatic rings. The van der Waals surface area contributed by atoms with Crippen molar-refractivity contribution in [2.45, 2.75) is 6.92 Å². The van der Waals surface area contributed by atoms with Crippen LogP contribution in [0.25, 0.3) is 0 Å². The van der Waals surface area contributed by atoms with Crippen molar-refractivity contribution in [3.8, 4) is 0 Å². The molecule has 0 aliphatic carbocycles. The molecule has 3 heteroatoms. The highest BCUT2D eigenvalue weighted by Gasteiger charge is 1.63. The molecule has 0 amide bonds. The quantitative estimate of drug-likeness (QED) is 0.373. The molecule has 0 atom stereocenters. The summed E-state index contributed by atoms with van der Waals surface area (Å²) in [4.78, 5) is 0. The maximum Gasteiger partial charge on any atom is 0.0378 e. The van der Waals surface area contributed by atoms with E-state index >= 15 is 0 Å². The summed E-state index contributed by atoms with van der Waals surface area (Å²) in [5.41, 5.74) is 7.82. The highest BCUT2D eigenvalue weighted by Crippen LogP contribution is 1.51. The first-order valence-electron chi connectivity index (χ1n) is 2.36. The number of hydrogen-bond donors (Lipinski definition) is 2. The zero-order valence-corrected chi connectivity index (χ0v) is 4.52. The van der Waals surface area contributed by atoms with E-state index in [4.69, 9.17) is 5.73 Å². The molecule has 0 heterocycles. The number of nitrogens with one attached hydrogen (secondary N) is 1. The Hall–Kier alpha value is -0.570. The van der Waals surface area contributed by atoms with Crippen LogP contribution in [-0.2, 0) is 0 Å². The lowest BCUT2D eigenvalue weighted by Gasteiger charge is -1.87. The van der Waals surface area contributed by atoms with Gasteiger partial charge in [0.25, 0.3) is 0 Å². The van der Waals surface area contributed by atoms with Gasteiger partial charge in [-0.3, -0.25) is 0 Å². The highest BCUT2D eigenvalue weighted by molar-refractivity contribution is 5.58. The Morgan fingerprint density at radius 1 is 1.86 bits per heavy atom. The van der Waals surface area contributed by atoms with Crippen LogP contribution in [0.5, 0.6) is 0 Å². The minimum atomic E-state index is 0.507. The molecule has 0 spiro atoms. The third-order valence-electron chi connectivity index (χ3n) is 0.446. The number of hydrazone groups is 1. The summed E-state index contributed by atoms with van der Waals surface area (Å²) in [5, 5.41) is 3.71. The Bertz CT molecular complexity index is 50.9. The van der Waals surface area contributed by atoms with Crippen LogP contribution in [0.2, 0.25) is 0 Å². The van der Waals surface area contributed by atoms with Gasteiger partial charge in [-0.15, -0.1) is 0 Å². The first kappa shape index (κ1) is 6.43. The Kier molecular flexibility index (Phi) is 4.99. The van der Waals surface area contributed by atoms with E-state index in [1.165, 1.54) is 0 Å². The van der Waals surface area contributed by atoms with Gasteiger partial charge in [-0.05, 0) is 6.92 Å². The minimum Gasteiger partial charge on any atom is -0.326 e. The smallest absolute Gasteiger partial charge is 0.0378 e. The van der Waals surface area contributed by atoms with Crippen molar-refractivity contribution in [2.24, 2.45) is 10.8 Å². The molecule has 0 aromatic heterocycles. The van der Waals surface area contributed by atoms with E-state index < -0.39 is 0 Å². The molecule has 0 aliphatic heterocycles. The number of nitrogens with zero attached hydrogens (tertiary/aromatic N) is 1. The predicted molar refractivity (Wildman–Crippen MR) is 31.2 cm³/mol. The molecule has 0 radical (unpaired) electrons. The first-order chi connectivity index (χ1) is 3.41. The molecule has 42 valence electrons. The third kappa shape index (κ3) is 5.43. The summed E-state index contributed by atoms with van der Waals surface area (Å²) in [6.07, 6.45) is 1.63. The maximum absolute atomic E-state index is 5.08. The lowest BCUT2D eigenvalue weighted by atomic mass is 10.8. The summed E-state index contributed by atoms with van der Waals surface area (Å²) < 4.78 is 0. The standard InChI is InChI=1S/C4H11N3/c1-2-6-7-4-3-5/h4,6H,2-3,5H2,1H3/b7-4+. The van der Waals surface area contributed by atoms with Gasteiger partial charge in [0.2, 0.25) is 0 Å². The molecule has 0 bridgehead atoms. The molecule has 0 aromatic carbocycles. The molecule has 7 heavy (non-hydrogen) atoms. The lowest BCUT2D eigenvalue weighted by Crippen LogP contribution is -2.07. The average molecular weight is 101 g/mol. The number of nitrogens with two attached hydrogens (primary N) is 1. The number of rotatable bonds is 3. The monoisotopic (exact) mass is 101 g/mol. The van der Waals surface area contributed by atoms with Crippen molar-refractivity contribution in [3.05, 3.63) is 0 Å². The zero-order chi connectivity index (χ0) is 5.54. The van der Waals surface area contributed by atoms with Gasteiger partial charge in [-0.2, -0.15) is 5.10 Å². The van der Waals surface area contributed by atoms with E-state index in [1.54, 1.807) is 6.21 Å². The van der Waals surface area contributed by atoms with Gasteiger partial charge in [0, 0.05) is 19.3 Å². The number of hydrogen-bond acceptors (Lipinski definition) is 3. The Balaban J connectivity index is 2.78. The van der Waals surface area contributed by atoms with Gasteiger partial charge in [-0.25, -0.2) is 0 Å². The molecule has 3 N–H and O–H groups in total. The average Bonchev–Trinajstić information content (AvgIpc) is 1.69. The SMILES string of the molecule is CCN/N=C/CN. The second-order valence-corrected chi connectivity index (χ2v) is 1.06. The van der Waals surface area contributed by atoms with Crippen molar-refractivity contribution < 1.29 is 0 Å². The van der Waals surface area contributed by atoms with Crippen molar-refractivity contribution >= 4 is 6.21 Å². The topological polar surface area (TPSA) is 50.4 Å². The van der Waals surface area contributed by atoms with Gasteiger partial charge in [-0.1, -0.05) is 0 Å². The van der Waals surface area contributed by atoms with Crippen LogP contribution < -0.4 is 11.2 Å². The fourth-order valence-corrected chi connectivity index (χ4v) is 0.209. The van der Waals surface area contributed by atoms with Crippen molar-refractivity contribution in [2.75, 3.05) is 13.1 Å². The lowest BCUT2D eigenvalue weighted by molar-refractivity contribution is 0.785. The van der Waals surface area contributed by atoms with Crippen molar-refractivity contribution in [3.63, 3.8) is 0 Å².